The van der Waals surface area contributed by atoms with Crippen molar-refractivity contribution in [1.82, 2.24) is 4.98 Å². The quantitative estimate of drug-likeness (QED) is 0.904. The standard InChI is InChI=1S/C18H13FN2O3/c19-14-6-2-1-4-12(14)15-9-8-11(10-20-15)21-17-13(18(23)24)5-3-7-16(17)22/h1-10,17,21H,(H,23,24). The van der Waals surface area contributed by atoms with Crippen molar-refractivity contribution in [2.45, 2.75) is 6.04 Å². The van der Waals surface area contributed by atoms with Gasteiger partial charge in [-0.3, -0.25) is 9.78 Å². The minimum atomic E-state index is -1.17. The van der Waals surface area contributed by atoms with Crippen LogP contribution in [0.3, 0.4) is 0 Å². The molecule has 24 heavy (non-hydrogen) atoms. The number of carboxylic acid groups (broad SMARTS) is 1. The number of halogens is 1. The molecule has 2 aromatic rings. The number of allylic oxidation sites excluding steroid dienone is 2. The normalized spacial score (nSPS) is 16.6. The van der Waals surface area contributed by atoms with E-state index in [1.165, 1.54) is 30.5 Å². The van der Waals surface area contributed by atoms with Crippen LogP contribution >= 0.6 is 0 Å². The van der Waals surface area contributed by atoms with Gasteiger partial charge in [0.1, 0.15) is 11.9 Å². The molecule has 1 aromatic carbocycles. The van der Waals surface area contributed by atoms with E-state index in [0.29, 0.717) is 16.9 Å². The fourth-order valence-corrected chi connectivity index (χ4v) is 2.41. The Kier molecular flexibility index (Phi) is 4.20. The second kappa shape index (κ2) is 6.45. The highest BCUT2D eigenvalue weighted by Crippen LogP contribution is 2.23. The van der Waals surface area contributed by atoms with Crippen LogP contribution in [0.1, 0.15) is 0 Å². The summed E-state index contributed by atoms with van der Waals surface area (Å²) in [6.07, 6.45) is 5.53. The molecule has 1 unspecified atom stereocenters. The third-order valence-corrected chi connectivity index (χ3v) is 3.60. The zero-order valence-electron chi connectivity index (χ0n) is 12.4. The van der Waals surface area contributed by atoms with E-state index in [9.17, 15) is 19.1 Å². The fraction of sp³-hybridized carbons (Fsp3) is 0.0556. The van der Waals surface area contributed by atoms with Gasteiger partial charge in [0.05, 0.1) is 23.2 Å². The van der Waals surface area contributed by atoms with Crippen LogP contribution in [0.2, 0.25) is 0 Å². The van der Waals surface area contributed by atoms with Gasteiger partial charge < -0.3 is 10.4 Å². The van der Waals surface area contributed by atoms with E-state index in [4.69, 9.17) is 0 Å². The summed E-state index contributed by atoms with van der Waals surface area (Å²) >= 11 is 0. The Morgan fingerprint density at radius 1 is 1.21 bits per heavy atom. The molecule has 0 spiro atoms. The molecule has 0 amide bonds. The molecule has 6 heteroatoms. The highest BCUT2D eigenvalue weighted by Gasteiger charge is 2.27. The number of hydrogen-bond donors (Lipinski definition) is 2. The van der Waals surface area contributed by atoms with Crippen molar-refractivity contribution in [3.05, 3.63) is 72.2 Å². The first kappa shape index (κ1) is 15.6. The average Bonchev–Trinajstić information content (AvgIpc) is 2.58. The van der Waals surface area contributed by atoms with Gasteiger partial charge in [0.2, 0.25) is 0 Å². The number of nitrogens with zero attached hydrogens (tertiary/aromatic N) is 1. The highest BCUT2D eigenvalue weighted by atomic mass is 19.1. The SMILES string of the molecule is O=C(O)C1=CC=CC(=O)C1Nc1ccc(-c2ccccc2F)nc1. The summed E-state index contributed by atoms with van der Waals surface area (Å²) in [5.41, 5.74) is 1.24. The molecule has 0 radical (unpaired) electrons. The van der Waals surface area contributed by atoms with E-state index in [0.717, 1.165) is 0 Å². The third kappa shape index (κ3) is 3.08. The molecular weight excluding hydrogens is 311 g/mol. The molecule has 2 N–H and O–H groups in total. The molecule has 1 aliphatic carbocycles. The molecule has 1 aromatic heterocycles. The molecule has 120 valence electrons. The second-order valence-corrected chi connectivity index (χ2v) is 5.18. The minimum Gasteiger partial charge on any atom is -0.478 e. The van der Waals surface area contributed by atoms with Gasteiger partial charge in [-0.15, -0.1) is 0 Å². The number of benzene rings is 1. The molecule has 1 atom stereocenters. The number of anilines is 1. The van der Waals surface area contributed by atoms with Crippen molar-refractivity contribution >= 4 is 17.4 Å². The Hall–Kier alpha value is -3.28. The number of carbonyl (C=O) groups excluding carboxylic acids is 1. The van der Waals surface area contributed by atoms with Crippen molar-refractivity contribution in [3.8, 4) is 11.3 Å². The van der Waals surface area contributed by atoms with Gasteiger partial charge in [-0.2, -0.15) is 0 Å². The summed E-state index contributed by atoms with van der Waals surface area (Å²) in [5, 5.41) is 12.0. The Morgan fingerprint density at radius 3 is 2.67 bits per heavy atom. The van der Waals surface area contributed by atoms with E-state index in [2.05, 4.69) is 10.3 Å². The van der Waals surface area contributed by atoms with Gasteiger partial charge in [0.15, 0.2) is 5.78 Å². The molecule has 0 saturated carbocycles. The zero-order valence-corrected chi connectivity index (χ0v) is 12.4. The topological polar surface area (TPSA) is 79.3 Å². The van der Waals surface area contributed by atoms with Gasteiger partial charge in [0, 0.05) is 5.56 Å². The van der Waals surface area contributed by atoms with E-state index < -0.39 is 12.0 Å². The van der Waals surface area contributed by atoms with Crippen molar-refractivity contribution in [2.75, 3.05) is 5.32 Å². The Balaban J connectivity index is 1.83. The summed E-state index contributed by atoms with van der Waals surface area (Å²) in [5.74, 6) is -1.90. The summed E-state index contributed by atoms with van der Waals surface area (Å²) in [4.78, 5) is 27.3. The number of ketones is 1. The number of aliphatic carboxylic acids is 1. The van der Waals surface area contributed by atoms with Crippen molar-refractivity contribution in [1.29, 1.82) is 0 Å². The van der Waals surface area contributed by atoms with E-state index in [1.807, 2.05) is 0 Å². The Morgan fingerprint density at radius 2 is 2.00 bits per heavy atom. The maximum absolute atomic E-state index is 13.8. The first-order valence-corrected chi connectivity index (χ1v) is 7.19. The van der Waals surface area contributed by atoms with Crippen LogP contribution in [0.15, 0.2) is 66.4 Å². The highest BCUT2D eigenvalue weighted by molar-refractivity contribution is 6.07. The first-order chi connectivity index (χ1) is 11.6. The van der Waals surface area contributed by atoms with Crippen molar-refractivity contribution in [2.24, 2.45) is 0 Å². The second-order valence-electron chi connectivity index (χ2n) is 5.18. The predicted octanol–water partition coefficient (Wildman–Crippen LogP) is 2.82. The summed E-state index contributed by atoms with van der Waals surface area (Å²) in [6, 6.07) is 8.52. The number of rotatable bonds is 4. The molecule has 1 heterocycles. The van der Waals surface area contributed by atoms with Crippen LogP contribution in [-0.2, 0) is 9.59 Å². The van der Waals surface area contributed by atoms with Crippen LogP contribution in [-0.4, -0.2) is 27.9 Å². The van der Waals surface area contributed by atoms with Crippen molar-refractivity contribution in [3.63, 3.8) is 0 Å². The van der Waals surface area contributed by atoms with E-state index in [1.54, 1.807) is 30.3 Å². The summed E-state index contributed by atoms with van der Waals surface area (Å²) < 4.78 is 13.8. The molecule has 3 rings (SSSR count). The van der Waals surface area contributed by atoms with Gasteiger partial charge >= 0.3 is 5.97 Å². The van der Waals surface area contributed by atoms with Gasteiger partial charge in [-0.25, -0.2) is 9.18 Å². The molecule has 5 nitrogen and oxygen atoms in total. The summed E-state index contributed by atoms with van der Waals surface area (Å²) in [6.45, 7) is 0. The van der Waals surface area contributed by atoms with Gasteiger partial charge in [-0.1, -0.05) is 18.2 Å². The minimum absolute atomic E-state index is 0.0410. The fourth-order valence-electron chi connectivity index (χ4n) is 2.41. The van der Waals surface area contributed by atoms with Gasteiger partial charge in [0.25, 0.3) is 0 Å². The van der Waals surface area contributed by atoms with Crippen LogP contribution in [0.4, 0.5) is 10.1 Å². The van der Waals surface area contributed by atoms with E-state index in [-0.39, 0.29) is 17.2 Å². The molecule has 0 bridgehead atoms. The summed E-state index contributed by atoms with van der Waals surface area (Å²) in [7, 11) is 0. The molecule has 0 saturated heterocycles. The first-order valence-electron chi connectivity index (χ1n) is 7.19. The van der Waals surface area contributed by atoms with Crippen molar-refractivity contribution < 1.29 is 19.1 Å². The number of carbonyl (C=O) groups is 2. The predicted molar refractivity (Wildman–Crippen MR) is 86.9 cm³/mol. The number of pyridine rings is 1. The number of aromatic nitrogens is 1. The Labute approximate surface area is 137 Å². The Bertz CT molecular complexity index is 857. The average molecular weight is 324 g/mol. The number of carboxylic acids is 1. The molecular formula is C18H13FN2O3. The third-order valence-electron chi connectivity index (χ3n) is 3.60. The van der Waals surface area contributed by atoms with Crippen LogP contribution in [0.5, 0.6) is 0 Å². The largest absolute Gasteiger partial charge is 0.478 e. The molecule has 0 aliphatic heterocycles. The maximum Gasteiger partial charge on any atom is 0.334 e. The van der Waals surface area contributed by atoms with Gasteiger partial charge in [-0.05, 0) is 36.4 Å². The van der Waals surface area contributed by atoms with Crippen LogP contribution < -0.4 is 5.32 Å². The monoisotopic (exact) mass is 324 g/mol. The number of nitrogens with one attached hydrogen (secondary N) is 1. The number of hydrogen-bond acceptors (Lipinski definition) is 4. The zero-order chi connectivity index (χ0) is 17.1. The molecule has 1 aliphatic rings. The van der Waals surface area contributed by atoms with Crippen LogP contribution in [0, 0.1) is 5.82 Å². The lowest BCUT2D eigenvalue weighted by atomic mass is 9.97. The van der Waals surface area contributed by atoms with E-state index >= 15 is 0 Å². The lowest BCUT2D eigenvalue weighted by Gasteiger charge is -2.20. The maximum atomic E-state index is 13.8. The smallest absolute Gasteiger partial charge is 0.334 e. The molecule has 0 fully saturated rings. The lowest BCUT2D eigenvalue weighted by Crippen LogP contribution is -2.35. The van der Waals surface area contributed by atoms with Crippen LogP contribution in [0.25, 0.3) is 11.3 Å². The lowest BCUT2D eigenvalue weighted by molar-refractivity contribution is -0.133.